The van der Waals surface area contributed by atoms with Crippen molar-refractivity contribution in [3.8, 4) is 0 Å². The maximum absolute atomic E-state index is 12.4. The molecule has 1 amide bonds. The molecule has 0 aromatic heterocycles. The molecule has 2 aliphatic rings. The SMILES string of the molecule is CCNC(=NCc1ccc(Br)cc1)NC1CCCC(C(=O)NC2CC2)C1.I. The van der Waals surface area contributed by atoms with Gasteiger partial charge in [0.25, 0.3) is 0 Å². The lowest BCUT2D eigenvalue weighted by Gasteiger charge is -2.30. The van der Waals surface area contributed by atoms with Crippen molar-refractivity contribution < 1.29 is 4.79 Å². The van der Waals surface area contributed by atoms with Gasteiger partial charge in [0.2, 0.25) is 5.91 Å². The zero-order valence-electron chi connectivity index (χ0n) is 15.8. The average molecular weight is 549 g/mol. The zero-order chi connectivity index (χ0) is 18.4. The normalized spacial score (nSPS) is 22.5. The first-order valence-corrected chi connectivity index (χ1v) is 10.5. The molecule has 1 aromatic rings. The van der Waals surface area contributed by atoms with E-state index in [0.29, 0.717) is 18.6 Å². The second-order valence-electron chi connectivity index (χ2n) is 7.31. The Bertz CT molecular complexity index is 633. The Morgan fingerprint density at radius 1 is 1.11 bits per heavy atom. The maximum Gasteiger partial charge on any atom is 0.223 e. The molecule has 2 fully saturated rings. The van der Waals surface area contributed by atoms with Gasteiger partial charge in [-0.1, -0.05) is 34.5 Å². The summed E-state index contributed by atoms with van der Waals surface area (Å²) < 4.78 is 1.08. The minimum absolute atomic E-state index is 0. The molecule has 27 heavy (non-hydrogen) atoms. The van der Waals surface area contributed by atoms with E-state index in [1.54, 1.807) is 0 Å². The molecule has 0 spiro atoms. The van der Waals surface area contributed by atoms with Crippen LogP contribution in [0, 0.1) is 5.92 Å². The molecule has 2 unspecified atom stereocenters. The summed E-state index contributed by atoms with van der Waals surface area (Å²) in [5.74, 6) is 1.22. The number of rotatable bonds is 6. The van der Waals surface area contributed by atoms with Crippen LogP contribution in [0.5, 0.6) is 0 Å². The minimum atomic E-state index is 0. The number of carbonyl (C=O) groups is 1. The van der Waals surface area contributed by atoms with E-state index in [9.17, 15) is 4.79 Å². The Morgan fingerprint density at radius 3 is 2.52 bits per heavy atom. The van der Waals surface area contributed by atoms with Crippen molar-refractivity contribution in [1.82, 2.24) is 16.0 Å². The molecule has 0 radical (unpaired) electrons. The third-order valence-electron chi connectivity index (χ3n) is 4.99. The van der Waals surface area contributed by atoms with E-state index >= 15 is 0 Å². The van der Waals surface area contributed by atoms with Gasteiger partial charge in [-0.25, -0.2) is 4.99 Å². The van der Waals surface area contributed by atoms with Crippen molar-refractivity contribution in [2.24, 2.45) is 10.9 Å². The molecule has 7 heteroatoms. The van der Waals surface area contributed by atoms with E-state index < -0.39 is 0 Å². The van der Waals surface area contributed by atoms with Gasteiger partial charge in [-0.2, -0.15) is 0 Å². The van der Waals surface area contributed by atoms with Crippen molar-refractivity contribution in [1.29, 1.82) is 0 Å². The Balaban J connectivity index is 0.00000261. The topological polar surface area (TPSA) is 65.5 Å². The number of nitrogens with zero attached hydrogens (tertiary/aromatic N) is 1. The summed E-state index contributed by atoms with van der Waals surface area (Å²) in [6, 6.07) is 8.98. The van der Waals surface area contributed by atoms with Crippen LogP contribution in [0.2, 0.25) is 0 Å². The highest BCUT2D eigenvalue weighted by atomic mass is 127. The monoisotopic (exact) mass is 548 g/mol. The largest absolute Gasteiger partial charge is 0.357 e. The first-order chi connectivity index (χ1) is 12.6. The highest BCUT2D eigenvalue weighted by molar-refractivity contribution is 14.0. The highest BCUT2D eigenvalue weighted by Crippen LogP contribution is 2.26. The van der Waals surface area contributed by atoms with Crippen molar-refractivity contribution in [2.45, 2.75) is 64.1 Å². The van der Waals surface area contributed by atoms with Gasteiger partial charge < -0.3 is 16.0 Å². The van der Waals surface area contributed by atoms with Crippen LogP contribution in [0.15, 0.2) is 33.7 Å². The number of hydrogen-bond acceptors (Lipinski definition) is 2. The number of carbonyl (C=O) groups excluding carboxylic acids is 1. The average Bonchev–Trinajstić information content (AvgIpc) is 3.45. The van der Waals surface area contributed by atoms with Crippen molar-refractivity contribution in [3.63, 3.8) is 0 Å². The molecule has 0 saturated heterocycles. The zero-order valence-corrected chi connectivity index (χ0v) is 19.8. The van der Waals surface area contributed by atoms with Crippen LogP contribution in [-0.2, 0) is 11.3 Å². The smallest absolute Gasteiger partial charge is 0.223 e. The lowest BCUT2D eigenvalue weighted by atomic mass is 9.85. The summed E-state index contributed by atoms with van der Waals surface area (Å²) >= 11 is 3.46. The summed E-state index contributed by atoms with van der Waals surface area (Å²) in [6.45, 7) is 3.54. The maximum atomic E-state index is 12.4. The van der Waals surface area contributed by atoms with E-state index in [0.717, 1.165) is 55.5 Å². The van der Waals surface area contributed by atoms with Crippen molar-refractivity contribution >= 4 is 51.8 Å². The molecule has 150 valence electrons. The molecule has 3 rings (SSSR count). The molecule has 2 saturated carbocycles. The van der Waals surface area contributed by atoms with Crippen LogP contribution in [-0.4, -0.2) is 30.5 Å². The van der Waals surface area contributed by atoms with E-state index in [4.69, 9.17) is 4.99 Å². The molecule has 0 heterocycles. The van der Waals surface area contributed by atoms with E-state index in [2.05, 4.69) is 50.9 Å². The summed E-state index contributed by atoms with van der Waals surface area (Å²) in [5, 5.41) is 10.0. The Hall–Kier alpha value is -0.830. The van der Waals surface area contributed by atoms with Crippen molar-refractivity contribution in [3.05, 3.63) is 34.3 Å². The van der Waals surface area contributed by atoms with Gasteiger partial charge in [-0.3, -0.25) is 4.79 Å². The number of amides is 1. The molecular formula is C20H30BrIN4O. The fourth-order valence-corrected chi connectivity index (χ4v) is 3.64. The van der Waals surface area contributed by atoms with Gasteiger partial charge in [0.15, 0.2) is 5.96 Å². The van der Waals surface area contributed by atoms with Gasteiger partial charge in [0, 0.05) is 29.0 Å². The van der Waals surface area contributed by atoms with Crippen LogP contribution < -0.4 is 16.0 Å². The summed E-state index contributed by atoms with van der Waals surface area (Å²) in [5.41, 5.74) is 1.18. The molecule has 1 aromatic carbocycles. The molecule has 2 aliphatic carbocycles. The summed E-state index contributed by atoms with van der Waals surface area (Å²) in [4.78, 5) is 17.1. The summed E-state index contributed by atoms with van der Waals surface area (Å²) in [6.07, 6.45) is 6.37. The molecular weight excluding hydrogens is 519 g/mol. The van der Waals surface area contributed by atoms with Gasteiger partial charge in [0.05, 0.1) is 6.54 Å². The number of benzene rings is 1. The number of aliphatic imine (C=N–C) groups is 1. The Labute approximate surface area is 187 Å². The predicted octanol–water partition coefficient (Wildman–Crippen LogP) is 3.96. The molecule has 3 N–H and O–H groups in total. The predicted molar refractivity (Wildman–Crippen MR) is 124 cm³/mol. The third kappa shape index (κ3) is 7.60. The van der Waals surface area contributed by atoms with Crippen LogP contribution in [0.1, 0.15) is 51.0 Å². The first-order valence-electron chi connectivity index (χ1n) is 9.73. The fourth-order valence-electron chi connectivity index (χ4n) is 3.38. The minimum Gasteiger partial charge on any atom is -0.357 e. The van der Waals surface area contributed by atoms with E-state index in [1.165, 1.54) is 5.56 Å². The van der Waals surface area contributed by atoms with Crippen LogP contribution in [0.4, 0.5) is 0 Å². The standard InChI is InChI=1S/C20H29BrN4O.HI/c1-2-22-20(23-13-14-6-8-16(21)9-7-14)25-18-5-3-4-15(12-18)19(26)24-17-10-11-17;/h6-9,15,17-18H,2-5,10-13H2,1H3,(H,24,26)(H2,22,23,25);1H. The van der Waals surface area contributed by atoms with Crippen LogP contribution in [0.3, 0.4) is 0 Å². The lowest BCUT2D eigenvalue weighted by Crippen LogP contribution is -2.47. The van der Waals surface area contributed by atoms with Crippen molar-refractivity contribution in [2.75, 3.05) is 6.54 Å². The van der Waals surface area contributed by atoms with Gasteiger partial charge in [-0.05, 0) is 56.7 Å². The fraction of sp³-hybridized carbons (Fsp3) is 0.600. The van der Waals surface area contributed by atoms with Crippen LogP contribution >= 0.6 is 39.9 Å². The van der Waals surface area contributed by atoms with Gasteiger partial charge >= 0.3 is 0 Å². The number of hydrogen-bond donors (Lipinski definition) is 3. The second-order valence-corrected chi connectivity index (χ2v) is 8.22. The van der Waals surface area contributed by atoms with E-state index in [-0.39, 0.29) is 35.8 Å². The quantitative estimate of drug-likeness (QED) is 0.286. The molecule has 2 atom stereocenters. The van der Waals surface area contributed by atoms with E-state index in [1.807, 2.05) is 12.1 Å². The molecule has 5 nitrogen and oxygen atoms in total. The number of nitrogens with one attached hydrogen (secondary N) is 3. The Kier molecular flexibility index (Phi) is 9.35. The number of guanidine groups is 1. The van der Waals surface area contributed by atoms with Crippen LogP contribution in [0.25, 0.3) is 0 Å². The third-order valence-corrected chi connectivity index (χ3v) is 5.52. The first kappa shape index (κ1) is 22.5. The van der Waals surface area contributed by atoms with Gasteiger partial charge in [-0.15, -0.1) is 24.0 Å². The number of halogens is 2. The van der Waals surface area contributed by atoms with Gasteiger partial charge in [0.1, 0.15) is 0 Å². The lowest BCUT2D eigenvalue weighted by molar-refractivity contribution is -0.126. The Morgan fingerprint density at radius 2 is 1.85 bits per heavy atom. The molecule has 0 aliphatic heterocycles. The highest BCUT2D eigenvalue weighted by Gasteiger charge is 2.31. The summed E-state index contributed by atoms with van der Waals surface area (Å²) in [7, 11) is 0. The molecule has 0 bridgehead atoms. The second kappa shape index (κ2) is 11.2.